The number of hydrogen-bond acceptors (Lipinski definition) is 4. The Morgan fingerprint density at radius 1 is 0.848 bits per heavy atom. The van der Waals surface area contributed by atoms with Crippen molar-refractivity contribution in [3.63, 3.8) is 0 Å². The highest BCUT2D eigenvalue weighted by molar-refractivity contribution is 7.87. The van der Waals surface area contributed by atoms with Gasteiger partial charge in [-0.1, -0.05) is 60.7 Å². The van der Waals surface area contributed by atoms with Crippen molar-refractivity contribution in [3.05, 3.63) is 96.2 Å². The number of methoxy groups -OCH3 is 1. The first kappa shape index (κ1) is 22.7. The molecule has 33 heavy (non-hydrogen) atoms. The van der Waals surface area contributed by atoms with Crippen molar-refractivity contribution in [2.45, 2.75) is 13.0 Å². The summed E-state index contributed by atoms with van der Waals surface area (Å²) in [5.41, 5.74) is 4.42. The molecular weight excluding hydrogens is 436 g/mol. The number of hydrogen-bond donors (Lipinski definition) is 3. The average molecular weight is 463 g/mol. The summed E-state index contributed by atoms with van der Waals surface area (Å²) in [5.74, 6) is 1.50. The molecule has 0 aliphatic heterocycles. The molecule has 4 aromatic rings. The summed E-state index contributed by atoms with van der Waals surface area (Å²) in [6.07, 6.45) is 0.452. The normalized spacial score (nSPS) is 11.4. The van der Waals surface area contributed by atoms with Crippen molar-refractivity contribution < 1.29 is 13.2 Å². The van der Waals surface area contributed by atoms with E-state index in [4.69, 9.17) is 9.72 Å². The molecule has 0 atom stereocenters. The predicted octanol–water partition coefficient (Wildman–Crippen LogP) is 3.92. The van der Waals surface area contributed by atoms with Gasteiger partial charge in [0.25, 0.3) is 10.2 Å². The molecule has 1 aromatic heterocycles. The van der Waals surface area contributed by atoms with E-state index in [9.17, 15) is 8.42 Å². The molecule has 0 saturated carbocycles. The molecule has 0 aliphatic rings. The monoisotopic (exact) mass is 462 g/mol. The predicted molar refractivity (Wildman–Crippen MR) is 130 cm³/mol. The minimum Gasteiger partial charge on any atom is -0.497 e. The Labute approximate surface area is 194 Å². The van der Waals surface area contributed by atoms with E-state index in [1.807, 2.05) is 84.9 Å². The molecule has 4 rings (SSSR count). The third-order valence-corrected chi connectivity index (χ3v) is 6.27. The third-order valence-electron chi connectivity index (χ3n) is 5.17. The van der Waals surface area contributed by atoms with Crippen LogP contribution in [-0.2, 0) is 23.2 Å². The minimum absolute atomic E-state index is 0.226. The molecule has 0 saturated heterocycles. The average Bonchev–Trinajstić information content (AvgIpc) is 3.28. The lowest BCUT2D eigenvalue weighted by Crippen LogP contribution is -2.37. The van der Waals surface area contributed by atoms with Crippen molar-refractivity contribution >= 4 is 10.2 Å². The Morgan fingerprint density at radius 3 is 2.18 bits per heavy atom. The lowest BCUT2D eigenvalue weighted by Gasteiger charge is -2.09. The van der Waals surface area contributed by atoms with Gasteiger partial charge in [0.2, 0.25) is 0 Å². The molecule has 170 valence electrons. The quantitative estimate of drug-likeness (QED) is 0.333. The molecule has 0 fully saturated rings. The summed E-state index contributed by atoms with van der Waals surface area (Å²) in [6.45, 7) is 0.458. The largest absolute Gasteiger partial charge is 0.497 e. The minimum atomic E-state index is -3.63. The first-order valence-corrected chi connectivity index (χ1v) is 12.1. The molecule has 0 aliphatic carbocycles. The molecular formula is C25H26N4O3S. The van der Waals surface area contributed by atoms with Gasteiger partial charge in [0.1, 0.15) is 11.6 Å². The Balaban J connectivity index is 1.49. The molecule has 0 bridgehead atoms. The summed E-state index contributed by atoms with van der Waals surface area (Å²) in [6, 6.07) is 26.9. The summed E-state index contributed by atoms with van der Waals surface area (Å²) in [7, 11) is -2.01. The number of imidazole rings is 1. The fourth-order valence-electron chi connectivity index (χ4n) is 3.45. The van der Waals surface area contributed by atoms with Gasteiger partial charge in [-0.15, -0.1) is 0 Å². The fraction of sp³-hybridized carbons (Fsp3) is 0.160. The maximum absolute atomic E-state index is 12.4. The van der Waals surface area contributed by atoms with Crippen LogP contribution in [0.2, 0.25) is 0 Å². The van der Waals surface area contributed by atoms with Crippen LogP contribution >= 0.6 is 0 Å². The number of rotatable bonds is 10. The van der Waals surface area contributed by atoms with Gasteiger partial charge in [-0.2, -0.15) is 13.1 Å². The van der Waals surface area contributed by atoms with Gasteiger partial charge in [0.05, 0.1) is 12.8 Å². The van der Waals surface area contributed by atoms with Crippen LogP contribution in [0.15, 0.2) is 84.9 Å². The molecule has 1 heterocycles. The summed E-state index contributed by atoms with van der Waals surface area (Å²) in [5, 5.41) is 0. The van der Waals surface area contributed by atoms with Crippen LogP contribution < -0.4 is 14.2 Å². The highest BCUT2D eigenvalue weighted by atomic mass is 32.2. The van der Waals surface area contributed by atoms with E-state index in [0.717, 1.165) is 39.7 Å². The number of H-pyrrole nitrogens is 1. The number of nitrogens with one attached hydrogen (secondary N) is 3. The third kappa shape index (κ3) is 6.07. The topological polar surface area (TPSA) is 96.1 Å². The summed E-state index contributed by atoms with van der Waals surface area (Å²) < 4.78 is 35.2. The molecule has 0 radical (unpaired) electrons. The van der Waals surface area contributed by atoms with Gasteiger partial charge in [0.15, 0.2) is 0 Å². The Hall–Kier alpha value is -3.46. The second-order valence-electron chi connectivity index (χ2n) is 7.46. The Kier molecular flexibility index (Phi) is 7.19. The van der Waals surface area contributed by atoms with E-state index in [0.29, 0.717) is 6.42 Å². The maximum atomic E-state index is 12.4. The zero-order chi connectivity index (χ0) is 23.1. The van der Waals surface area contributed by atoms with Crippen LogP contribution in [0.4, 0.5) is 0 Å². The van der Waals surface area contributed by atoms with Crippen molar-refractivity contribution in [1.82, 2.24) is 19.4 Å². The van der Waals surface area contributed by atoms with Crippen molar-refractivity contribution in [2.24, 2.45) is 0 Å². The first-order valence-electron chi connectivity index (χ1n) is 10.6. The zero-order valence-corrected chi connectivity index (χ0v) is 19.1. The van der Waals surface area contributed by atoms with E-state index in [-0.39, 0.29) is 13.1 Å². The van der Waals surface area contributed by atoms with E-state index in [2.05, 4.69) is 14.4 Å². The fourth-order valence-corrected chi connectivity index (χ4v) is 4.28. The van der Waals surface area contributed by atoms with Crippen LogP contribution in [0.5, 0.6) is 5.75 Å². The molecule has 0 amide bonds. The number of ether oxygens (including phenoxy) is 1. The van der Waals surface area contributed by atoms with Crippen LogP contribution in [0, 0.1) is 0 Å². The van der Waals surface area contributed by atoms with Crippen molar-refractivity contribution in [3.8, 4) is 28.4 Å². The van der Waals surface area contributed by atoms with Crippen LogP contribution in [0.25, 0.3) is 22.6 Å². The van der Waals surface area contributed by atoms with Gasteiger partial charge in [0, 0.05) is 36.3 Å². The molecule has 3 aromatic carbocycles. The van der Waals surface area contributed by atoms with Crippen LogP contribution in [0.3, 0.4) is 0 Å². The highest BCUT2D eigenvalue weighted by Gasteiger charge is 2.15. The van der Waals surface area contributed by atoms with Crippen LogP contribution in [-0.4, -0.2) is 32.0 Å². The van der Waals surface area contributed by atoms with Gasteiger partial charge in [-0.05, 0) is 29.8 Å². The number of nitrogens with zero attached hydrogens (tertiary/aromatic N) is 1. The lowest BCUT2D eigenvalue weighted by atomic mass is 10.1. The summed E-state index contributed by atoms with van der Waals surface area (Å²) in [4.78, 5) is 8.18. The summed E-state index contributed by atoms with van der Waals surface area (Å²) >= 11 is 0. The molecule has 0 unspecified atom stereocenters. The Bertz CT molecular complexity index is 1270. The first-order chi connectivity index (χ1) is 16.0. The molecule has 7 nitrogen and oxygen atoms in total. The van der Waals surface area contributed by atoms with Gasteiger partial charge < -0.3 is 9.72 Å². The number of benzene rings is 3. The van der Waals surface area contributed by atoms with Crippen molar-refractivity contribution in [1.29, 1.82) is 0 Å². The van der Waals surface area contributed by atoms with E-state index in [1.54, 1.807) is 7.11 Å². The standard InChI is InChI=1S/C25H26N4O3S/c1-32-22-14-12-20(13-15-22)24-23(28-25(29-24)21-10-6-3-7-11-21)16-17-26-33(30,31)27-18-19-8-4-2-5-9-19/h2-15,26-27H,16-18H2,1H3,(H,28,29). The molecule has 3 N–H and O–H groups in total. The second kappa shape index (κ2) is 10.4. The van der Waals surface area contributed by atoms with E-state index < -0.39 is 10.2 Å². The second-order valence-corrected chi connectivity index (χ2v) is 9.05. The maximum Gasteiger partial charge on any atom is 0.277 e. The van der Waals surface area contributed by atoms with E-state index >= 15 is 0 Å². The van der Waals surface area contributed by atoms with Gasteiger partial charge in [-0.25, -0.2) is 9.71 Å². The van der Waals surface area contributed by atoms with Gasteiger partial charge in [-0.3, -0.25) is 0 Å². The Morgan fingerprint density at radius 2 is 1.52 bits per heavy atom. The molecule has 8 heteroatoms. The van der Waals surface area contributed by atoms with Gasteiger partial charge >= 0.3 is 0 Å². The number of aromatic nitrogens is 2. The zero-order valence-electron chi connectivity index (χ0n) is 18.3. The van der Waals surface area contributed by atoms with E-state index in [1.165, 1.54) is 0 Å². The lowest BCUT2D eigenvalue weighted by molar-refractivity contribution is 0.415. The smallest absolute Gasteiger partial charge is 0.277 e. The SMILES string of the molecule is COc1ccc(-c2nc(-c3ccccc3)[nH]c2CCNS(=O)(=O)NCc2ccccc2)cc1. The van der Waals surface area contributed by atoms with Crippen molar-refractivity contribution in [2.75, 3.05) is 13.7 Å². The number of aromatic amines is 1. The molecule has 0 spiro atoms. The highest BCUT2D eigenvalue weighted by Crippen LogP contribution is 2.27. The van der Waals surface area contributed by atoms with Crippen LogP contribution in [0.1, 0.15) is 11.3 Å².